The van der Waals surface area contributed by atoms with Crippen LogP contribution in [-0.2, 0) is 0 Å². The first-order valence-corrected chi connectivity index (χ1v) is 8.56. The van der Waals surface area contributed by atoms with Gasteiger partial charge in [0, 0.05) is 10.5 Å². The molecule has 0 spiro atoms. The van der Waals surface area contributed by atoms with Crippen LogP contribution in [0.3, 0.4) is 0 Å². The van der Waals surface area contributed by atoms with Crippen LogP contribution in [0.5, 0.6) is 0 Å². The van der Waals surface area contributed by atoms with Gasteiger partial charge in [-0.15, -0.1) is 0 Å². The Bertz CT molecular complexity index is 405. The minimum absolute atomic E-state index is 0.504. The molecule has 1 nitrogen and oxygen atoms in total. The maximum absolute atomic E-state index is 6.26. The lowest BCUT2D eigenvalue weighted by Crippen LogP contribution is -2.26. The van der Waals surface area contributed by atoms with Crippen molar-refractivity contribution in [1.82, 2.24) is 0 Å². The van der Waals surface area contributed by atoms with E-state index in [0.717, 1.165) is 16.1 Å². The zero-order valence-electron chi connectivity index (χ0n) is 11.2. The van der Waals surface area contributed by atoms with Gasteiger partial charge in [-0.05, 0) is 43.7 Å². The number of benzene rings is 1. The van der Waals surface area contributed by atoms with Crippen molar-refractivity contribution in [3.8, 4) is 0 Å². The molecule has 1 fully saturated rings. The van der Waals surface area contributed by atoms with Crippen molar-refractivity contribution in [3.63, 3.8) is 0 Å². The molecule has 1 saturated carbocycles. The molecule has 1 N–H and O–H groups in total. The minimum Gasteiger partial charge on any atom is -0.380 e. The Morgan fingerprint density at radius 2 is 1.74 bits per heavy atom. The third-order valence-corrected chi connectivity index (χ3v) is 4.95. The van der Waals surface area contributed by atoms with Gasteiger partial charge in [0.15, 0.2) is 0 Å². The van der Waals surface area contributed by atoms with Crippen LogP contribution in [-0.4, -0.2) is 6.04 Å². The Labute approximate surface area is 134 Å². The van der Waals surface area contributed by atoms with Crippen LogP contribution < -0.4 is 5.32 Å². The van der Waals surface area contributed by atoms with E-state index in [9.17, 15) is 0 Å². The number of halogens is 3. The van der Waals surface area contributed by atoms with Gasteiger partial charge in [-0.3, -0.25) is 0 Å². The molecule has 4 heteroatoms. The predicted octanol–water partition coefficient (Wildman–Crippen LogP) is 6.53. The summed E-state index contributed by atoms with van der Waals surface area (Å²) >= 11 is 15.9. The van der Waals surface area contributed by atoms with E-state index in [1.54, 1.807) is 0 Å². The predicted molar refractivity (Wildman–Crippen MR) is 88.4 cm³/mol. The molecule has 0 bridgehead atoms. The molecular weight excluding hydrogens is 345 g/mol. The number of rotatable bonds is 4. The maximum atomic E-state index is 6.26. The van der Waals surface area contributed by atoms with Crippen LogP contribution in [0.25, 0.3) is 0 Å². The van der Waals surface area contributed by atoms with Gasteiger partial charge in [0.2, 0.25) is 0 Å². The third kappa shape index (κ3) is 4.27. The standard InChI is InChI=1S/C15H20BrCl2N/c1-2-3-10-4-6-12(7-5-10)19-15-13(17)8-11(16)9-14(15)18/h8-10,12,19H,2-7H2,1H3. The number of anilines is 1. The first-order valence-electron chi connectivity index (χ1n) is 7.01. The second kappa shape index (κ2) is 7.19. The summed E-state index contributed by atoms with van der Waals surface area (Å²) in [6.07, 6.45) is 7.73. The lowest BCUT2D eigenvalue weighted by molar-refractivity contribution is 0.319. The highest BCUT2D eigenvalue weighted by Gasteiger charge is 2.21. The molecule has 0 aliphatic heterocycles. The zero-order chi connectivity index (χ0) is 13.8. The minimum atomic E-state index is 0.504. The molecule has 0 radical (unpaired) electrons. The summed E-state index contributed by atoms with van der Waals surface area (Å²) in [6, 6.07) is 4.28. The summed E-state index contributed by atoms with van der Waals surface area (Å²) in [4.78, 5) is 0. The second-order valence-corrected chi connectivity index (χ2v) is 7.13. The van der Waals surface area contributed by atoms with Gasteiger partial charge in [0.1, 0.15) is 0 Å². The van der Waals surface area contributed by atoms with Gasteiger partial charge >= 0.3 is 0 Å². The summed E-state index contributed by atoms with van der Waals surface area (Å²) in [7, 11) is 0. The normalized spacial score (nSPS) is 23.4. The Morgan fingerprint density at radius 1 is 1.16 bits per heavy atom. The lowest BCUT2D eigenvalue weighted by atomic mass is 9.83. The first-order chi connectivity index (χ1) is 9.10. The smallest absolute Gasteiger partial charge is 0.0721 e. The fraction of sp³-hybridized carbons (Fsp3) is 0.600. The average Bonchev–Trinajstić information content (AvgIpc) is 2.36. The Morgan fingerprint density at radius 3 is 2.26 bits per heavy atom. The molecule has 0 amide bonds. The summed E-state index contributed by atoms with van der Waals surface area (Å²) in [5.41, 5.74) is 0.880. The van der Waals surface area contributed by atoms with Crippen molar-refractivity contribution in [2.24, 2.45) is 5.92 Å². The van der Waals surface area contributed by atoms with Crippen LogP contribution in [0.2, 0.25) is 10.0 Å². The monoisotopic (exact) mass is 363 g/mol. The average molecular weight is 365 g/mol. The Balaban J connectivity index is 1.96. The van der Waals surface area contributed by atoms with Gasteiger partial charge in [-0.2, -0.15) is 0 Å². The van der Waals surface area contributed by atoms with Crippen molar-refractivity contribution < 1.29 is 0 Å². The fourth-order valence-electron chi connectivity index (χ4n) is 2.89. The van der Waals surface area contributed by atoms with Crippen LogP contribution in [0, 0.1) is 5.92 Å². The summed E-state index contributed by atoms with van der Waals surface area (Å²) in [5.74, 6) is 0.916. The number of nitrogens with one attached hydrogen (secondary N) is 1. The summed E-state index contributed by atoms with van der Waals surface area (Å²) in [6.45, 7) is 2.27. The molecule has 19 heavy (non-hydrogen) atoms. The van der Waals surface area contributed by atoms with Gasteiger partial charge in [0.05, 0.1) is 15.7 Å². The van der Waals surface area contributed by atoms with Crippen LogP contribution in [0.15, 0.2) is 16.6 Å². The van der Waals surface area contributed by atoms with Crippen LogP contribution in [0.4, 0.5) is 5.69 Å². The molecule has 0 atom stereocenters. The summed E-state index contributed by atoms with van der Waals surface area (Å²) < 4.78 is 0.916. The molecule has 0 heterocycles. The van der Waals surface area contributed by atoms with Gasteiger partial charge in [-0.25, -0.2) is 0 Å². The molecule has 106 valence electrons. The lowest BCUT2D eigenvalue weighted by Gasteiger charge is -2.30. The van der Waals surface area contributed by atoms with E-state index >= 15 is 0 Å². The molecule has 0 saturated heterocycles. The molecule has 0 aromatic heterocycles. The molecule has 0 unspecified atom stereocenters. The zero-order valence-corrected chi connectivity index (χ0v) is 14.3. The number of hydrogen-bond donors (Lipinski definition) is 1. The fourth-order valence-corrected chi connectivity index (χ4v) is 4.21. The van der Waals surface area contributed by atoms with E-state index in [0.29, 0.717) is 16.1 Å². The van der Waals surface area contributed by atoms with Crippen LogP contribution >= 0.6 is 39.1 Å². The van der Waals surface area contributed by atoms with Gasteiger partial charge in [-0.1, -0.05) is 58.9 Å². The highest BCUT2D eigenvalue weighted by molar-refractivity contribution is 9.10. The molecule has 1 aliphatic rings. The summed E-state index contributed by atoms with van der Waals surface area (Å²) in [5, 5.41) is 4.90. The molecular formula is C15H20BrCl2N. The first kappa shape index (κ1) is 15.5. The van der Waals surface area contributed by atoms with Crippen molar-refractivity contribution >= 4 is 44.8 Å². The van der Waals surface area contributed by atoms with E-state index in [-0.39, 0.29) is 0 Å². The largest absolute Gasteiger partial charge is 0.380 e. The SMILES string of the molecule is CCCC1CCC(Nc2c(Cl)cc(Br)cc2Cl)CC1. The second-order valence-electron chi connectivity index (χ2n) is 5.40. The molecule has 2 rings (SSSR count). The van der Waals surface area contributed by atoms with Crippen molar-refractivity contribution in [2.45, 2.75) is 51.5 Å². The number of hydrogen-bond acceptors (Lipinski definition) is 1. The van der Waals surface area contributed by atoms with E-state index in [1.807, 2.05) is 12.1 Å². The third-order valence-electron chi connectivity index (χ3n) is 3.90. The molecule has 1 aromatic carbocycles. The van der Waals surface area contributed by atoms with Crippen LogP contribution in [0.1, 0.15) is 45.4 Å². The van der Waals surface area contributed by atoms with Gasteiger partial charge in [0.25, 0.3) is 0 Å². The topological polar surface area (TPSA) is 12.0 Å². The Hall–Kier alpha value is 0.0800. The molecule has 1 aromatic rings. The highest BCUT2D eigenvalue weighted by atomic mass is 79.9. The van der Waals surface area contributed by atoms with Gasteiger partial charge < -0.3 is 5.32 Å². The van der Waals surface area contributed by atoms with E-state index in [1.165, 1.54) is 38.5 Å². The molecule has 1 aliphatic carbocycles. The Kier molecular flexibility index (Phi) is 5.86. The highest BCUT2D eigenvalue weighted by Crippen LogP contribution is 2.36. The quantitative estimate of drug-likeness (QED) is 0.640. The van der Waals surface area contributed by atoms with E-state index in [4.69, 9.17) is 23.2 Å². The maximum Gasteiger partial charge on any atom is 0.0721 e. The van der Waals surface area contributed by atoms with Crippen molar-refractivity contribution in [3.05, 3.63) is 26.7 Å². The van der Waals surface area contributed by atoms with Crippen molar-refractivity contribution in [1.29, 1.82) is 0 Å². The van der Waals surface area contributed by atoms with Crippen molar-refractivity contribution in [2.75, 3.05) is 5.32 Å². The van der Waals surface area contributed by atoms with E-state index in [2.05, 4.69) is 28.2 Å². The van der Waals surface area contributed by atoms with E-state index < -0.39 is 0 Å².